The van der Waals surface area contributed by atoms with E-state index in [2.05, 4.69) is 381 Å². The predicted molar refractivity (Wildman–Crippen MR) is 414 cm³/mol. The molecule has 0 bridgehead atoms. The van der Waals surface area contributed by atoms with Gasteiger partial charge in [0.25, 0.3) is 0 Å². The summed E-state index contributed by atoms with van der Waals surface area (Å²) in [5, 5.41) is 0. The van der Waals surface area contributed by atoms with Crippen molar-refractivity contribution in [1.29, 1.82) is 0 Å². The van der Waals surface area contributed by atoms with Crippen molar-refractivity contribution in [2.24, 2.45) is 0 Å². The van der Waals surface area contributed by atoms with Crippen LogP contribution < -0.4 is 9.80 Å². The Kier molecular flexibility index (Phi) is 12.7. The zero-order valence-electron chi connectivity index (χ0n) is 57.4. The third-order valence-corrected chi connectivity index (χ3v) is 23.6. The van der Waals surface area contributed by atoms with Crippen LogP contribution in [0.4, 0.5) is 34.1 Å². The number of benzene rings is 14. The summed E-state index contributed by atoms with van der Waals surface area (Å²) >= 11 is 0. The van der Waals surface area contributed by atoms with Crippen LogP contribution in [0.2, 0.25) is 0 Å². The van der Waals surface area contributed by atoms with E-state index in [4.69, 9.17) is 0 Å². The van der Waals surface area contributed by atoms with Gasteiger partial charge in [-0.05, 0) is 230 Å². The van der Waals surface area contributed by atoms with Gasteiger partial charge in [-0.2, -0.15) is 0 Å². The van der Waals surface area contributed by atoms with Crippen LogP contribution in [0.25, 0.3) is 77.9 Å². The summed E-state index contributed by atoms with van der Waals surface area (Å²) < 4.78 is 0. The largest absolute Gasteiger partial charge is 0.309 e. The molecule has 2 nitrogen and oxygen atoms in total. The molecule has 4 heterocycles. The smallest absolute Gasteiger partial charge is 0.0713 e. The number of nitrogens with zero attached hydrogens (tertiary/aromatic N) is 2. The van der Waals surface area contributed by atoms with Crippen LogP contribution in [0, 0.1) is 0 Å². The molecular weight excluding hydrogens is 1190 g/mol. The van der Waals surface area contributed by atoms with Gasteiger partial charge in [0.2, 0.25) is 0 Å². The lowest BCUT2D eigenvalue weighted by atomic mass is 9.64. The summed E-state index contributed by atoms with van der Waals surface area (Å²) in [6, 6.07) is 120. The second-order valence-corrected chi connectivity index (χ2v) is 30.4. The van der Waals surface area contributed by atoms with Crippen molar-refractivity contribution in [2.75, 3.05) is 9.80 Å². The van der Waals surface area contributed by atoms with E-state index in [-0.39, 0.29) is 21.7 Å². The van der Waals surface area contributed by atoms with E-state index >= 15 is 0 Å². The molecule has 474 valence electrons. The molecule has 0 N–H and O–H groups in total. The van der Waals surface area contributed by atoms with Crippen LogP contribution in [0.5, 0.6) is 0 Å². The zero-order valence-corrected chi connectivity index (χ0v) is 57.4. The third-order valence-electron chi connectivity index (χ3n) is 23.6. The molecule has 0 saturated carbocycles. The average molecular weight is 1270 g/mol. The zero-order chi connectivity index (χ0) is 66.9. The summed E-state index contributed by atoms with van der Waals surface area (Å²) in [5.74, 6) is 0. The topological polar surface area (TPSA) is 6.48 Å². The van der Waals surface area contributed by atoms with E-state index < -0.39 is 5.41 Å². The summed E-state index contributed by atoms with van der Waals surface area (Å²) in [6.45, 7) is 19.7. The van der Waals surface area contributed by atoms with Gasteiger partial charge in [-0.3, -0.25) is 0 Å². The van der Waals surface area contributed by atoms with Gasteiger partial charge in [-0.25, -0.2) is 0 Å². The van der Waals surface area contributed by atoms with Gasteiger partial charge >= 0.3 is 0 Å². The molecule has 0 atom stereocenters. The number of hydrogen-bond donors (Lipinski definition) is 0. The van der Waals surface area contributed by atoms with E-state index in [1.807, 2.05) is 0 Å². The normalized spacial score (nSPS) is 15.8. The van der Waals surface area contributed by atoms with E-state index in [0.29, 0.717) is 0 Å². The summed E-state index contributed by atoms with van der Waals surface area (Å²) in [4.78, 5) is 5.23. The Balaban J connectivity index is 0.816. The minimum atomic E-state index is -0.687. The Labute approximate surface area is 582 Å². The summed E-state index contributed by atoms with van der Waals surface area (Å²) in [5.41, 5.74) is 38.3. The Morgan fingerprint density at radius 1 is 0.182 bits per heavy atom. The molecule has 0 spiro atoms. The first kappa shape index (κ1) is 59.0. The molecule has 14 aromatic carbocycles. The lowest BCUT2D eigenvalue weighted by molar-refractivity contribution is 0.597. The number of rotatable bonds is 8. The lowest BCUT2D eigenvalue weighted by Crippen LogP contribution is -2.38. The molecule has 2 heteroatoms. The molecule has 1 aliphatic carbocycles. The van der Waals surface area contributed by atoms with Gasteiger partial charge in [0.05, 0.1) is 39.5 Å². The quantitative estimate of drug-likeness (QED) is 0.150. The maximum atomic E-state index is 2.61. The monoisotopic (exact) mass is 1270 g/mol. The molecule has 0 fully saturated rings. The minimum absolute atomic E-state index is 0.365. The van der Waals surface area contributed by atoms with Crippen LogP contribution in [-0.2, 0) is 27.1 Å². The first-order valence-corrected chi connectivity index (χ1v) is 35.3. The van der Waals surface area contributed by atoms with Crippen molar-refractivity contribution < 1.29 is 0 Å². The van der Waals surface area contributed by atoms with E-state index in [9.17, 15) is 0 Å². The summed E-state index contributed by atoms with van der Waals surface area (Å²) in [6.07, 6.45) is 0. The van der Waals surface area contributed by atoms with E-state index in [1.165, 1.54) is 179 Å². The minimum Gasteiger partial charge on any atom is -0.309 e. The van der Waals surface area contributed by atoms with Crippen LogP contribution in [0.1, 0.15) is 122 Å². The summed E-state index contributed by atoms with van der Waals surface area (Å²) in [7, 11) is 0. The molecule has 4 aliphatic heterocycles. The number of anilines is 6. The van der Waals surface area contributed by atoms with E-state index in [1.54, 1.807) is 0 Å². The van der Waals surface area contributed by atoms with Crippen molar-refractivity contribution in [2.45, 2.75) is 82.5 Å². The fourth-order valence-corrected chi connectivity index (χ4v) is 18.3. The van der Waals surface area contributed by atoms with Crippen molar-refractivity contribution in [3.05, 3.63) is 382 Å². The molecule has 0 saturated heterocycles. The van der Waals surface area contributed by atoms with Gasteiger partial charge in [-0.1, -0.05) is 286 Å². The first-order chi connectivity index (χ1) is 48.1. The van der Waals surface area contributed by atoms with E-state index in [0.717, 1.165) is 0 Å². The standard InChI is InChI=1S/C97H76N2/c1-93(2)79-53-65(61-27-15-9-16-28-61)41-47-87(79)98-88-48-42-66(62-29-17-10-18-30-62)54-80(88)94(3,4)84-58-71(57-83(93)91(84)98)69-39-45-75-76-46-40-70(52-78(76)97(77(75)51-69,73-35-23-13-24-36-73)74-37-25-14-26-38-74)72-59-85-92-86(60-72)96(7,8)82-56-68(64-33-21-12-22-34-64)44-50-90(82)99(92)89-49-43-67(55-81(89)95(85,5)6)63-31-19-11-20-32-63/h9-60H,1-8H3. The lowest BCUT2D eigenvalue weighted by Gasteiger charge is -2.50. The maximum Gasteiger partial charge on any atom is 0.0713 e. The molecule has 14 aromatic rings. The van der Waals surface area contributed by atoms with Crippen molar-refractivity contribution in [3.8, 4) is 77.9 Å². The van der Waals surface area contributed by atoms with Gasteiger partial charge in [0.1, 0.15) is 0 Å². The Morgan fingerprint density at radius 3 is 0.657 bits per heavy atom. The molecule has 0 amide bonds. The third kappa shape index (κ3) is 8.48. The molecule has 0 unspecified atom stereocenters. The highest BCUT2D eigenvalue weighted by molar-refractivity contribution is 5.99. The van der Waals surface area contributed by atoms with Crippen LogP contribution in [-0.4, -0.2) is 0 Å². The predicted octanol–water partition coefficient (Wildman–Crippen LogP) is 25.5. The highest BCUT2D eigenvalue weighted by atomic mass is 15.2. The number of fused-ring (bicyclic) bond motifs is 11. The molecule has 19 rings (SSSR count). The highest BCUT2D eigenvalue weighted by Crippen LogP contribution is 2.65. The van der Waals surface area contributed by atoms with Gasteiger partial charge in [0, 0.05) is 21.7 Å². The molecule has 99 heavy (non-hydrogen) atoms. The van der Waals surface area contributed by atoms with Crippen LogP contribution in [0.3, 0.4) is 0 Å². The molecular formula is C97H76N2. The van der Waals surface area contributed by atoms with Crippen LogP contribution >= 0.6 is 0 Å². The molecule has 5 aliphatic rings. The maximum absolute atomic E-state index is 2.61. The van der Waals surface area contributed by atoms with Gasteiger partial charge < -0.3 is 9.80 Å². The highest BCUT2D eigenvalue weighted by Gasteiger charge is 2.51. The molecule has 0 aromatic heterocycles. The first-order valence-electron chi connectivity index (χ1n) is 35.3. The number of hydrogen-bond acceptors (Lipinski definition) is 2. The van der Waals surface area contributed by atoms with Crippen molar-refractivity contribution >= 4 is 34.1 Å². The SMILES string of the molecule is CC1(C)c2cc(-c3ccccc3)ccc2N2c3ccc(-c4ccccc4)cc3C(C)(C)c3cc(-c4ccc5c(c4)C(c4ccccc4)(c4ccccc4)c4cc(-c6cc7c8c(c6)C(C)(C)c6cc(-c9ccccc9)ccc6N8c6ccc(-c8ccccc8)cc6C7(C)C)ccc4-5)cc1c32. The van der Waals surface area contributed by atoms with Gasteiger partial charge in [0.15, 0.2) is 0 Å². The van der Waals surface area contributed by atoms with Gasteiger partial charge in [-0.15, -0.1) is 0 Å². The average Bonchev–Trinajstić information content (AvgIpc) is 1.69. The second kappa shape index (κ2) is 21.3. The molecule has 0 radical (unpaired) electrons. The fraction of sp³-hybridized carbons (Fsp3) is 0.134. The Hall–Kier alpha value is -11.3. The van der Waals surface area contributed by atoms with Crippen LogP contribution in [0.15, 0.2) is 315 Å². The second-order valence-electron chi connectivity index (χ2n) is 30.4. The Bertz CT molecular complexity index is 5040. The van der Waals surface area contributed by atoms with Crippen molar-refractivity contribution in [3.63, 3.8) is 0 Å². The fourth-order valence-electron chi connectivity index (χ4n) is 18.3. The van der Waals surface area contributed by atoms with Crippen molar-refractivity contribution in [1.82, 2.24) is 0 Å². The Morgan fingerprint density at radius 2 is 0.394 bits per heavy atom.